The van der Waals surface area contributed by atoms with Crippen LogP contribution in [0.1, 0.15) is 58.6 Å². The van der Waals surface area contributed by atoms with Crippen molar-refractivity contribution in [3.63, 3.8) is 0 Å². The van der Waals surface area contributed by atoms with Gasteiger partial charge in [0.1, 0.15) is 11.9 Å². The lowest BCUT2D eigenvalue weighted by molar-refractivity contribution is -0.136. The van der Waals surface area contributed by atoms with E-state index in [1.165, 1.54) is 22.2 Å². The lowest BCUT2D eigenvalue weighted by Gasteiger charge is -2.33. The first-order valence-electron chi connectivity index (χ1n) is 12.3. The fourth-order valence-corrected chi connectivity index (χ4v) is 5.61. The standard InChI is InChI=1S/C27H31FN4O3/c1-30(2)20-5-3-4-17(12-20)15-31-10-8-18(9-11-31)21-13-19(28)14-22-23(21)16-32(27(22)35)24-6-7-25(33)29-26(24)34/h3-5,12-14,18,24H,6-11,15-16H2,1-2H3,(H,29,33,34). The average molecular weight is 479 g/mol. The van der Waals surface area contributed by atoms with Crippen LogP contribution < -0.4 is 10.2 Å². The molecule has 0 bridgehead atoms. The summed E-state index contributed by atoms with van der Waals surface area (Å²) in [6.45, 7) is 2.95. The van der Waals surface area contributed by atoms with Gasteiger partial charge in [-0.3, -0.25) is 24.6 Å². The highest BCUT2D eigenvalue weighted by atomic mass is 19.1. The van der Waals surface area contributed by atoms with Crippen molar-refractivity contribution in [3.8, 4) is 0 Å². The maximum Gasteiger partial charge on any atom is 0.255 e. The third-order valence-electron chi connectivity index (χ3n) is 7.52. The molecule has 1 unspecified atom stereocenters. The molecule has 0 aromatic heterocycles. The molecule has 2 saturated heterocycles. The van der Waals surface area contributed by atoms with Gasteiger partial charge in [-0.2, -0.15) is 0 Å². The maximum atomic E-state index is 14.6. The van der Waals surface area contributed by atoms with Gasteiger partial charge in [-0.1, -0.05) is 12.1 Å². The van der Waals surface area contributed by atoms with Crippen molar-refractivity contribution >= 4 is 23.4 Å². The second-order valence-electron chi connectivity index (χ2n) is 10.0. The molecule has 2 aromatic carbocycles. The number of imide groups is 1. The summed E-state index contributed by atoms with van der Waals surface area (Å²) in [5.74, 6) is -1.34. The summed E-state index contributed by atoms with van der Waals surface area (Å²) in [5, 5.41) is 2.32. The van der Waals surface area contributed by atoms with Crippen LogP contribution in [0.2, 0.25) is 0 Å². The Hall–Kier alpha value is -3.26. The van der Waals surface area contributed by atoms with E-state index in [2.05, 4.69) is 39.4 Å². The zero-order valence-corrected chi connectivity index (χ0v) is 20.2. The summed E-state index contributed by atoms with van der Waals surface area (Å²) in [6.07, 6.45) is 2.27. The van der Waals surface area contributed by atoms with E-state index in [1.807, 2.05) is 14.1 Å². The van der Waals surface area contributed by atoms with Crippen LogP contribution in [-0.2, 0) is 22.7 Å². The zero-order chi connectivity index (χ0) is 24.7. The molecule has 2 fully saturated rings. The first kappa shape index (κ1) is 23.5. The van der Waals surface area contributed by atoms with E-state index < -0.39 is 17.8 Å². The zero-order valence-electron chi connectivity index (χ0n) is 20.2. The maximum absolute atomic E-state index is 14.6. The van der Waals surface area contributed by atoms with Gasteiger partial charge < -0.3 is 9.80 Å². The van der Waals surface area contributed by atoms with Crippen molar-refractivity contribution in [2.24, 2.45) is 0 Å². The van der Waals surface area contributed by atoms with Gasteiger partial charge in [0.25, 0.3) is 5.91 Å². The van der Waals surface area contributed by atoms with Crippen LogP contribution in [0.4, 0.5) is 10.1 Å². The first-order valence-corrected chi connectivity index (χ1v) is 12.3. The van der Waals surface area contributed by atoms with Crippen LogP contribution >= 0.6 is 0 Å². The molecule has 5 rings (SSSR count). The van der Waals surface area contributed by atoms with E-state index in [0.29, 0.717) is 12.0 Å². The third-order valence-corrected chi connectivity index (χ3v) is 7.52. The number of piperidine rings is 2. The Labute approximate surface area is 204 Å². The Kier molecular flexibility index (Phi) is 6.32. The molecular formula is C27H31FN4O3. The van der Waals surface area contributed by atoms with Crippen LogP contribution in [0.3, 0.4) is 0 Å². The van der Waals surface area contributed by atoms with Crippen LogP contribution in [0.15, 0.2) is 36.4 Å². The number of hydrogen-bond acceptors (Lipinski definition) is 5. The second kappa shape index (κ2) is 9.41. The predicted octanol–water partition coefficient (Wildman–Crippen LogP) is 3.03. The molecule has 2 aromatic rings. The highest BCUT2D eigenvalue weighted by molar-refractivity contribution is 6.05. The van der Waals surface area contributed by atoms with Crippen molar-refractivity contribution in [1.29, 1.82) is 0 Å². The summed E-state index contributed by atoms with van der Waals surface area (Å²) < 4.78 is 14.6. The summed E-state index contributed by atoms with van der Waals surface area (Å²) in [4.78, 5) is 43.1. The van der Waals surface area contributed by atoms with Gasteiger partial charge in [-0.05, 0) is 79.2 Å². The van der Waals surface area contributed by atoms with Crippen molar-refractivity contribution in [3.05, 3.63) is 64.5 Å². The monoisotopic (exact) mass is 478 g/mol. The number of halogens is 1. The van der Waals surface area contributed by atoms with Crippen LogP contribution in [0.25, 0.3) is 0 Å². The van der Waals surface area contributed by atoms with Gasteiger partial charge >= 0.3 is 0 Å². The van der Waals surface area contributed by atoms with Gasteiger partial charge in [0.15, 0.2) is 0 Å². The van der Waals surface area contributed by atoms with Crippen molar-refractivity contribution < 1.29 is 18.8 Å². The Bertz CT molecular complexity index is 1170. The number of amides is 3. The molecule has 1 atom stereocenters. The van der Waals surface area contributed by atoms with Gasteiger partial charge in [-0.15, -0.1) is 0 Å². The Balaban J connectivity index is 1.29. The average Bonchev–Trinajstić information content (AvgIpc) is 3.15. The molecule has 7 nitrogen and oxygen atoms in total. The molecule has 3 aliphatic heterocycles. The summed E-state index contributed by atoms with van der Waals surface area (Å²) in [5.41, 5.74) is 4.52. The van der Waals surface area contributed by atoms with Crippen molar-refractivity contribution in [2.45, 2.75) is 50.7 Å². The summed E-state index contributed by atoms with van der Waals surface area (Å²) in [6, 6.07) is 10.7. The minimum atomic E-state index is -0.691. The number of benzene rings is 2. The van der Waals surface area contributed by atoms with E-state index in [-0.39, 0.29) is 30.7 Å². The second-order valence-corrected chi connectivity index (χ2v) is 10.0. The first-order chi connectivity index (χ1) is 16.8. The fraction of sp³-hybridized carbons (Fsp3) is 0.444. The largest absolute Gasteiger partial charge is 0.378 e. The van der Waals surface area contributed by atoms with Crippen LogP contribution in [0.5, 0.6) is 0 Å². The molecule has 3 heterocycles. The number of hydrogen-bond donors (Lipinski definition) is 1. The molecule has 35 heavy (non-hydrogen) atoms. The van der Waals surface area contributed by atoms with Crippen LogP contribution in [0, 0.1) is 5.82 Å². The SMILES string of the molecule is CN(C)c1cccc(CN2CCC(c3cc(F)cc4c3CN(C3CCC(=O)NC3=O)C4=O)CC2)c1. The molecule has 0 aliphatic carbocycles. The minimum absolute atomic E-state index is 0.165. The van der Waals surface area contributed by atoms with Crippen molar-refractivity contribution in [2.75, 3.05) is 32.1 Å². The van der Waals surface area contributed by atoms with E-state index in [4.69, 9.17) is 0 Å². The lowest BCUT2D eigenvalue weighted by Crippen LogP contribution is -2.52. The highest BCUT2D eigenvalue weighted by Crippen LogP contribution is 2.38. The quantitative estimate of drug-likeness (QED) is 0.669. The number of carbonyl (C=O) groups is 3. The normalized spacial score (nSPS) is 21.3. The topological polar surface area (TPSA) is 73.0 Å². The molecule has 3 amide bonds. The molecule has 1 N–H and O–H groups in total. The Morgan fingerprint density at radius 1 is 1.06 bits per heavy atom. The molecule has 0 radical (unpaired) electrons. The van der Waals surface area contributed by atoms with Gasteiger partial charge in [0.2, 0.25) is 11.8 Å². The third kappa shape index (κ3) is 4.67. The minimum Gasteiger partial charge on any atom is -0.378 e. The number of fused-ring (bicyclic) bond motifs is 1. The number of nitrogens with one attached hydrogen (secondary N) is 1. The summed E-state index contributed by atoms with van der Waals surface area (Å²) in [7, 11) is 4.07. The molecule has 184 valence electrons. The molecule has 0 spiro atoms. The van der Waals surface area contributed by atoms with E-state index in [0.717, 1.165) is 43.6 Å². The number of likely N-dealkylation sites (tertiary alicyclic amines) is 1. The van der Waals surface area contributed by atoms with Crippen LogP contribution in [-0.4, -0.2) is 60.7 Å². The van der Waals surface area contributed by atoms with Crippen molar-refractivity contribution in [1.82, 2.24) is 15.1 Å². The predicted molar refractivity (Wildman–Crippen MR) is 130 cm³/mol. The van der Waals surface area contributed by atoms with Gasteiger partial charge in [0.05, 0.1) is 0 Å². The van der Waals surface area contributed by atoms with E-state index in [1.54, 1.807) is 6.07 Å². The highest BCUT2D eigenvalue weighted by Gasteiger charge is 2.41. The van der Waals surface area contributed by atoms with Gasteiger partial charge in [-0.25, -0.2) is 4.39 Å². The fourth-order valence-electron chi connectivity index (χ4n) is 5.61. The molecular weight excluding hydrogens is 447 g/mol. The Morgan fingerprint density at radius 3 is 2.54 bits per heavy atom. The Morgan fingerprint density at radius 2 is 1.83 bits per heavy atom. The summed E-state index contributed by atoms with van der Waals surface area (Å²) >= 11 is 0. The van der Waals surface area contributed by atoms with E-state index >= 15 is 0 Å². The number of nitrogens with zero attached hydrogens (tertiary/aromatic N) is 3. The van der Waals surface area contributed by atoms with E-state index in [9.17, 15) is 18.8 Å². The number of anilines is 1. The number of rotatable bonds is 5. The molecule has 0 saturated carbocycles. The smallest absolute Gasteiger partial charge is 0.255 e. The number of carbonyl (C=O) groups excluding carboxylic acids is 3. The van der Waals surface area contributed by atoms with Gasteiger partial charge in [0, 0.05) is 44.9 Å². The lowest BCUT2D eigenvalue weighted by atomic mass is 9.85. The molecule has 8 heteroatoms. The molecule has 3 aliphatic rings.